The van der Waals surface area contributed by atoms with Crippen molar-refractivity contribution in [2.75, 3.05) is 5.73 Å². The van der Waals surface area contributed by atoms with E-state index in [2.05, 4.69) is 21.9 Å². The Morgan fingerprint density at radius 1 is 1.07 bits per heavy atom. The van der Waals surface area contributed by atoms with Crippen molar-refractivity contribution < 1.29 is 0 Å². The maximum atomic E-state index is 5.63. The van der Waals surface area contributed by atoms with Crippen molar-refractivity contribution in [2.45, 2.75) is 45.4 Å². The van der Waals surface area contributed by atoms with E-state index in [1.165, 1.54) is 25.7 Å². The van der Waals surface area contributed by atoms with Crippen LogP contribution in [0, 0.1) is 12.8 Å². The van der Waals surface area contributed by atoms with Crippen molar-refractivity contribution in [3.63, 3.8) is 0 Å². The lowest BCUT2D eigenvalue weighted by atomic mass is 9.82. The lowest BCUT2D eigenvalue weighted by Crippen LogP contribution is -2.15. The van der Waals surface area contributed by atoms with Gasteiger partial charge in [-0.2, -0.15) is 9.97 Å². The number of anilines is 1. The molecule has 1 aliphatic rings. The van der Waals surface area contributed by atoms with Crippen LogP contribution in [0.25, 0.3) is 0 Å². The fourth-order valence-electron chi connectivity index (χ4n) is 2.22. The Balaban J connectivity index is 2.15. The van der Waals surface area contributed by atoms with Gasteiger partial charge in [-0.1, -0.05) is 19.8 Å². The van der Waals surface area contributed by atoms with Gasteiger partial charge in [0.1, 0.15) is 11.6 Å². The lowest BCUT2D eigenvalue weighted by molar-refractivity contribution is 0.339. The summed E-state index contributed by atoms with van der Waals surface area (Å²) in [5.74, 6) is 3.32. The van der Waals surface area contributed by atoms with Crippen molar-refractivity contribution >= 4 is 5.95 Å². The van der Waals surface area contributed by atoms with E-state index >= 15 is 0 Å². The Morgan fingerprint density at radius 2 is 1.73 bits per heavy atom. The van der Waals surface area contributed by atoms with Crippen LogP contribution in [0.2, 0.25) is 0 Å². The van der Waals surface area contributed by atoms with Crippen LogP contribution in [-0.2, 0) is 0 Å². The largest absolute Gasteiger partial charge is 0.368 e. The predicted octanol–water partition coefficient (Wildman–Crippen LogP) is 2.06. The predicted molar refractivity (Wildman–Crippen MR) is 59.3 cm³/mol. The van der Waals surface area contributed by atoms with E-state index in [4.69, 9.17) is 5.73 Å². The van der Waals surface area contributed by atoms with Gasteiger partial charge in [0.25, 0.3) is 0 Å². The third kappa shape index (κ3) is 2.43. The van der Waals surface area contributed by atoms with Gasteiger partial charge in [-0.05, 0) is 25.7 Å². The average molecular weight is 206 g/mol. The molecule has 4 nitrogen and oxygen atoms in total. The highest BCUT2D eigenvalue weighted by atomic mass is 15.1. The van der Waals surface area contributed by atoms with E-state index in [0.717, 1.165) is 17.6 Å². The van der Waals surface area contributed by atoms with Gasteiger partial charge in [0.15, 0.2) is 0 Å². The molecule has 0 saturated heterocycles. The summed E-state index contributed by atoms with van der Waals surface area (Å²) in [6.45, 7) is 4.18. The first kappa shape index (κ1) is 10.3. The summed E-state index contributed by atoms with van der Waals surface area (Å²) in [6.07, 6.45) is 4.92. The smallest absolute Gasteiger partial charge is 0.223 e. The van der Waals surface area contributed by atoms with Crippen molar-refractivity contribution in [1.29, 1.82) is 0 Å². The first-order chi connectivity index (χ1) is 7.15. The number of hydrogen-bond donors (Lipinski definition) is 1. The summed E-state index contributed by atoms with van der Waals surface area (Å²) in [4.78, 5) is 12.6. The number of aromatic nitrogens is 3. The van der Waals surface area contributed by atoms with Gasteiger partial charge >= 0.3 is 0 Å². The van der Waals surface area contributed by atoms with E-state index in [9.17, 15) is 0 Å². The van der Waals surface area contributed by atoms with Gasteiger partial charge in [-0.15, -0.1) is 0 Å². The van der Waals surface area contributed by atoms with E-state index < -0.39 is 0 Å². The summed E-state index contributed by atoms with van der Waals surface area (Å²) in [5.41, 5.74) is 5.63. The summed E-state index contributed by atoms with van der Waals surface area (Å²) < 4.78 is 0. The molecule has 2 N–H and O–H groups in total. The summed E-state index contributed by atoms with van der Waals surface area (Å²) in [5, 5.41) is 0. The molecule has 1 aromatic rings. The molecule has 82 valence electrons. The highest BCUT2D eigenvalue weighted by Gasteiger charge is 2.22. The van der Waals surface area contributed by atoms with Gasteiger partial charge in [-0.3, -0.25) is 0 Å². The topological polar surface area (TPSA) is 64.7 Å². The van der Waals surface area contributed by atoms with Gasteiger partial charge in [0.05, 0.1) is 0 Å². The SMILES string of the molecule is Cc1nc(N)nc(C2CCC(C)CC2)n1. The summed E-state index contributed by atoms with van der Waals surface area (Å²) in [6, 6.07) is 0. The molecule has 1 aromatic heterocycles. The Labute approximate surface area is 90.3 Å². The molecule has 4 heteroatoms. The highest BCUT2D eigenvalue weighted by molar-refractivity contribution is 5.17. The van der Waals surface area contributed by atoms with Crippen molar-refractivity contribution in [3.8, 4) is 0 Å². The molecule has 0 aromatic carbocycles. The molecular formula is C11H18N4. The Bertz CT molecular complexity index is 322. The molecule has 2 rings (SSSR count). The maximum absolute atomic E-state index is 5.63. The summed E-state index contributed by atoms with van der Waals surface area (Å²) in [7, 11) is 0. The zero-order chi connectivity index (χ0) is 10.8. The van der Waals surface area contributed by atoms with Gasteiger partial charge in [0, 0.05) is 5.92 Å². The Hall–Kier alpha value is -1.19. The van der Waals surface area contributed by atoms with Gasteiger partial charge < -0.3 is 5.73 Å². The molecule has 15 heavy (non-hydrogen) atoms. The van der Waals surface area contributed by atoms with E-state index in [0.29, 0.717) is 11.9 Å². The molecule has 1 aliphatic carbocycles. The molecule has 0 spiro atoms. The molecular weight excluding hydrogens is 188 g/mol. The fraction of sp³-hybridized carbons (Fsp3) is 0.727. The number of hydrogen-bond acceptors (Lipinski definition) is 4. The molecule has 0 bridgehead atoms. The first-order valence-corrected chi connectivity index (χ1v) is 5.63. The minimum Gasteiger partial charge on any atom is -0.368 e. The van der Waals surface area contributed by atoms with Crippen LogP contribution in [0.3, 0.4) is 0 Å². The van der Waals surface area contributed by atoms with E-state index in [1.54, 1.807) is 0 Å². The summed E-state index contributed by atoms with van der Waals surface area (Å²) >= 11 is 0. The number of aryl methyl sites for hydroxylation is 1. The zero-order valence-electron chi connectivity index (χ0n) is 9.40. The highest BCUT2D eigenvalue weighted by Crippen LogP contribution is 2.33. The van der Waals surface area contributed by atoms with Crippen LogP contribution in [0.15, 0.2) is 0 Å². The second-order valence-electron chi connectivity index (χ2n) is 4.56. The number of nitrogens with two attached hydrogens (primary N) is 1. The van der Waals surface area contributed by atoms with Gasteiger partial charge in [-0.25, -0.2) is 4.98 Å². The molecule has 0 atom stereocenters. The van der Waals surface area contributed by atoms with Crippen molar-refractivity contribution in [3.05, 3.63) is 11.6 Å². The van der Waals surface area contributed by atoms with Crippen LogP contribution in [0.5, 0.6) is 0 Å². The Morgan fingerprint density at radius 3 is 2.33 bits per heavy atom. The monoisotopic (exact) mass is 206 g/mol. The molecule has 1 heterocycles. The zero-order valence-corrected chi connectivity index (χ0v) is 9.40. The van der Waals surface area contributed by atoms with E-state index in [-0.39, 0.29) is 0 Å². The van der Waals surface area contributed by atoms with Crippen LogP contribution < -0.4 is 5.73 Å². The first-order valence-electron chi connectivity index (χ1n) is 5.63. The third-order valence-corrected chi connectivity index (χ3v) is 3.16. The number of nitrogens with zero attached hydrogens (tertiary/aromatic N) is 3. The number of nitrogen functional groups attached to an aromatic ring is 1. The standard InChI is InChI=1S/C11H18N4/c1-7-3-5-9(6-4-7)10-13-8(2)14-11(12)15-10/h7,9H,3-6H2,1-2H3,(H2,12,13,14,15). The molecule has 0 aliphatic heterocycles. The minimum absolute atomic E-state index is 0.358. The number of rotatable bonds is 1. The molecule has 1 saturated carbocycles. The van der Waals surface area contributed by atoms with Gasteiger partial charge in [0.2, 0.25) is 5.95 Å². The van der Waals surface area contributed by atoms with Crippen LogP contribution >= 0.6 is 0 Å². The normalized spacial score (nSPS) is 26.5. The second kappa shape index (κ2) is 4.13. The third-order valence-electron chi connectivity index (χ3n) is 3.16. The molecule has 0 radical (unpaired) electrons. The van der Waals surface area contributed by atoms with Crippen LogP contribution in [-0.4, -0.2) is 15.0 Å². The van der Waals surface area contributed by atoms with Crippen molar-refractivity contribution in [1.82, 2.24) is 15.0 Å². The van der Waals surface area contributed by atoms with Crippen molar-refractivity contribution in [2.24, 2.45) is 5.92 Å². The average Bonchev–Trinajstić information content (AvgIpc) is 2.17. The van der Waals surface area contributed by atoms with E-state index in [1.807, 2.05) is 6.92 Å². The Kier molecular flexibility index (Phi) is 2.84. The van der Waals surface area contributed by atoms with Crippen LogP contribution in [0.4, 0.5) is 5.95 Å². The molecule has 1 fully saturated rings. The lowest BCUT2D eigenvalue weighted by Gasteiger charge is -2.24. The minimum atomic E-state index is 0.358. The van der Waals surface area contributed by atoms with Crippen LogP contribution in [0.1, 0.15) is 50.2 Å². The second-order valence-corrected chi connectivity index (χ2v) is 4.56. The maximum Gasteiger partial charge on any atom is 0.223 e. The molecule has 0 unspecified atom stereocenters. The molecule has 0 amide bonds. The quantitative estimate of drug-likeness (QED) is 0.763. The fourth-order valence-corrected chi connectivity index (χ4v) is 2.22.